The van der Waals surface area contributed by atoms with E-state index < -0.39 is 0 Å². The van der Waals surface area contributed by atoms with Gasteiger partial charge in [0, 0.05) is 0 Å². The number of hydrogen-bond donors (Lipinski definition) is 0. The van der Waals surface area contributed by atoms with E-state index in [9.17, 15) is 0 Å². The molecule has 0 radical (unpaired) electrons. The minimum Gasteiger partial charge on any atom is -0.298 e. The van der Waals surface area contributed by atoms with Gasteiger partial charge in [-0.25, -0.2) is 0 Å². The maximum Gasteiger partial charge on any atom is 0.132 e. The van der Waals surface area contributed by atoms with E-state index in [4.69, 9.17) is 0 Å². The lowest BCUT2D eigenvalue weighted by atomic mass is 10.3. The highest BCUT2D eigenvalue weighted by Crippen LogP contribution is 2.14. The summed E-state index contributed by atoms with van der Waals surface area (Å²) in [6.45, 7) is 0. The summed E-state index contributed by atoms with van der Waals surface area (Å²) in [6.07, 6.45) is 0. The molecule has 0 fully saturated rings. The van der Waals surface area contributed by atoms with Crippen LogP contribution in [0.15, 0.2) is 30.3 Å². The zero-order valence-corrected chi connectivity index (χ0v) is 8.96. The van der Waals surface area contributed by atoms with Gasteiger partial charge in [0.1, 0.15) is 5.69 Å². The lowest BCUT2D eigenvalue weighted by molar-refractivity contribution is 0.486. The van der Waals surface area contributed by atoms with Gasteiger partial charge in [0.15, 0.2) is 0 Å². The maximum absolute atomic E-state index is 2.16. The SMILES string of the molecule is Br.C[N+](C)(C)c1ccccc1. The molecule has 0 bridgehead atoms. The molecule has 1 aromatic rings. The lowest BCUT2D eigenvalue weighted by Gasteiger charge is -2.22. The van der Waals surface area contributed by atoms with Gasteiger partial charge in [-0.2, -0.15) is 0 Å². The first-order valence-electron chi connectivity index (χ1n) is 3.48. The van der Waals surface area contributed by atoms with Gasteiger partial charge in [0.25, 0.3) is 0 Å². The van der Waals surface area contributed by atoms with Gasteiger partial charge in [-0.1, -0.05) is 18.2 Å². The van der Waals surface area contributed by atoms with E-state index in [-0.39, 0.29) is 17.0 Å². The molecule has 0 aliphatic carbocycles. The predicted octanol–water partition coefficient (Wildman–Crippen LogP) is 2.46. The molecule has 0 aromatic heterocycles. The number of halogens is 1. The highest BCUT2D eigenvalue weighted by molar-refractivity contribution is 8.93. The molecular formula is C9H15BrN+. The van der Waals surface area contributed by atoms with Crippen LogP contribution < -0.4 is 4.48 Å². The minimum atomic E-state index is 0. The predicted molar refractivity (Wildman–Crippen MR) is 56.3 cm³/mol. The largest absolute Gasteiger partial charge is 0.298 e. The summed E-state index contributed by atoms with van der Waals surface area (Å²) in [5, 5.41) is 0. The molecule has 0 atom stereocenters. The number of benzene rings is 1. The Bertz CT molecular complexity index is 201. The summed E-state index contributed by atoms with van der Waals surface area (Å²) < 4.78 is 0.890. The molecule has 0 amide bonds. The van der Waals surface area contributed by atoms with Crippen LogP contribution in [0.4, 0.5) is 5.69 Å². The Hall–Kier alpha value is -0.340. The Kier molecular flexibility index (Phi) is 3.76. The van der Waals surface area contributed by atoms with Crippen molar-refractivity contribution >= 4 is 22.7 Å². The van der Waals surface area contributed by atoms with Crippen LogP contribution in [-0.4, -0.2) is 21.1 Å². The van der Waals surface area contributed by atoms with Crippen LogP contribution >= 0.6 is 17.0 Å². The summed E-state index contributed by atoms with van der Waals surface area (Å²) in [7, 11) is 6.49. The van der Waals surface area contributed by atoms with Crippen molar-refractivity contribution in [3.8, 4) is 0 Å². The fraction of sp³-hybridized carbons (Fsp3) is 0.333. The molecule has 1 rings (SSSR count). The highest BCUT2D eigenvalue weighted by atomic mass is 79.9. The Labute approximate surface area is 79.0 Å². The van der Waals surface area contributed by atoms with Crippen LogP contribution in [0, 0.1) is 0 Å². The lowest BCUT2D eigenvalue weighted by Crippen LogP contribution is -2.34. The second kappa shape index (κ2) is 3.88. The Morgan fingerprint density at radius 3 is 1.64 bits per heavy atom. The molecule has 0 N–H and O–H groups in total. The number of para-hydroxylation sites is 1. The third-order valence-corrected chi connectivity index (χ3v) is 1.53. The molecule has 1 nitrogen and oxygen atoms in total. The van der Waals surface area contributed by atoms with Crippen molar-refractivity contribution in [3.05, 3.63) is 30.3 Å². The second-order valence-electron chi connectivity index (χ2n) is 3.35. The molecule has 1 aromatic carbocycles. The van der Waals surface area contributed by atoms with E-state index in [1.165, 1.54) is 5.69 Å². The van der Waals surface area contributed by atoms with E-state index in [0.29, 0.717) is 0 Å². The molecule has 0 saturated heterocycles. The Morgan fingerprint density at radius 1 is 0.909 bits per heavy atom. The zero-order valence-electron chi connectivity index (χ0n) is 7.24. The van der Waals surface area contributed by atoms with E-state index in [0.717, 1.165) is 4.48 Å². The summed E-state index contributed by atoms with van der Waals surface area (Å²) in [5.74, 6) is 0. The summed E-state index contributed by atoms with van der Waals surface area (Å²) in [5.41, 5.74) is 1.34. The van der Waals surface area contributed by atoms with Crippen molar-refractivity contribution in [2.24, 2.45) is 0 Å². The fourth-order valence-corrected chi connectivity index (χ4v) is 0.875. The van der Waals surface area contributed by atoms with Crippen molar-refractivity contribution in [1.29, 1.82) is 0 Å². The number of hydrogen-bond acceptors (Lipinski definition) is 0. The Balaban J connectivity index is 0.000001000. The van der Waals surface area contributed by atoms with Crippen molar-refractivity contribution in [3.63, 3.8) is 0 Å². The first kappa shape index (κ1) is 10.7. The summed E-state index contributed by atoms with van der Waals surface area (Å²) in [4.78, 5) is 0. The molecule has 0 unspecified atom stereocenters. The van der Waals surface area contributed by atoms with Gasteiger partial charge in [0.05, 0.1) is 21.1 Å². The third-order valence-electron chi connectivity index (χ3n) is 1.53. The zero-order chi connectivity index (χ0) is 7.61. The normalized spacial score (nSPS) is 10.5. The van der Waals surface area contributed by atoms with Crippen molar-refractivity contribution < 1.29 is 0 Å². The van der Waals surface area contributed by atoms with Crippen LogP contribution in [-0.2, 0) is 0 Å². The number of quaternary nitrogens is 1. The maximum atomic E-state index is 2.16. The smallest absolute Gasteiger partial charge is 0.132 e. The molecule has 2 heteroatoms. The Morgan fingerprint density at radius 2 is 1.36 bits per heavy atom. The van der Waals surface area contributed by atoms with Crippen molar-refractivity contribution in [2.45, 2.75) is 0 Å². The fourth-order valence-electron chi connectivity index (χ4n) is 0.875. The van der Waals surface area contributed by atoms with Crippen LogP contribution in [0.2, 0.25) is 0 Å². The van der Waals surface area contributed by atoms with Gasteiger partial charge >= 0.3 is 0 Å². The van der Waals surface area contributed by atoms with E-state index in [1.54, 1.807) is 0 Å². The highest BCUT2D eigenvalue weighted by Gasteiger charge is 2.08. The van der Waals surface area contributed by atoms with Crippen LogP contribution in [0.3, 0.4) is 0 Å². The molecule has 62 valence electrons. The average Bonchev–Trinajstić information content (AvgIpc) is 1.88. The summed E-state index contributed by atoms with van der Waals surface area (Å²) in [6, 6.07) is 10.5. The second-order valence-corrected chi connectivity index (χ2v) is 3.35. The van der Waals surface area contributed by atoms with Crippen LogP contribution in [0.25, 0.3) is 0 Å². The van der Waals surface area contributed by atoms with Gasteiger partial charge < -0.3 is 0 Å². The molecule has 0 aliphatic heterocycles. The van der Waals surface area contributed by atoms with Crippen LogP contribution in [0.1, 0.15) is 0 Å². The number of nitrogens with zero attached hydrogens (tertiary/aromatic N) is 1. The van der Waals surface area contributed by atoms with Gasteiger partial charge in [-0.3, -0.25) is 4.48 Å². The summed E-state index contributed by atoms with van der Waals surface area (Å²) >= 11 is 0. The number of rotatable bonds is 1. The molecule has 0 spiro atoms. The monoisotopic (exact) mass is 216 g/mol. The molecular weight excluding hydrogens is 202 g/mol. The first-order valence-corrected chi connectivity index (χ1v) is 3.48. The topological polar surface area (TPSA) is 0 Å². The molecule has 0 saturated carbocycles. The minimum absolute atomic E-state index is 0. The molecule has 11 heavy (non-hydrogen) atoms. The average molecular weight is 217 g/mol. The van der Waals surface area contributed by atoms with Crippen LogP contribution in [0.5, 0.6) is 0 Å². The standard InChI is InChI=1S/C9H14N.BrH/c1-10(2,3)9-7-5-4-6-8-9;/h4-8H,1-3H3;1H/q+1;. The van der Waals surface area contributed by atoms with Gasteiger partial charge in [-0.05, 0) is 12.1 Å². The van der Waals surface area contributed by atoms with Crippen molar-refractivity contribution in [1.82, 2.24) is 4.48 Å². The van der Waals surface area contributed by atoms with E-state index >= 15 is 0 Å². The van der Waals surface area contributed by atoms with Gasteiger partial charge in [-0.15, -0.1) is 17.0 Å². The third kappa shape index (κ3) is 3.04. The van der Waals surface area contributed by atoms with E-state index in [2.05, 4.69) is 45.4 Å². The van der Waals surface area contributed by atoms with E-state index in [1.807, 2.05) is 6.07 Å². The molecule has 0 aliphatic rings. The first-order chi connectivity index (χ1) is 4.61. The van der Waals surface area contributed by atoms with Gasteiger partial charge in [0.2, 0.25) is 0 Å². The molecule has 0 heterocycles. The quantitative estimate of drug-likeness (QED) is 0.634. The van der Waals surface area contributed by atoms with Crippen molar-refractivity contribution in [2.75, 3.05) is 21.1 Å².